The van der Waals surface area contributed by atoms with Crippen LogP contribution >= 0.6 is 0 Å². The number of nitrogens with zero attached hydrogens (tertiary/aromatic N) is 2. The highest BCUT2D eigenvalue weighted by molar-refractivity contribution is 5.92. The maximum atomic E-state index is 11.5. The Morgan fingerprint density at radius 2 is 1.62 bits per heavy atom. The lowest BCUT2D eigenvalue weighted by Gasteiger charge is -2.03. The van der Waals surface area contributed by atoms with Gasteiger partial charge in [0.25, 0.3) is 0 Å². The third-order valence-corrected chi connectivity index (χ3v) is 4.36. The van der Waals surface area contributed by atoms with Crippen LogP contribution in [-0.4, -0.2) is 28.3 Å². The van der Waals surface area contributed by atoms with E-state index >= 15 is 0 Å². The molecule has 0 aliphatic rings. The van der Waals surface area contributed by atoms with Crippen molar-refractivity contribution >= 4 is 17.0 Å². The first kappa shape index (κ1) is 16.0. The van der Waals surface area contributed by atoms with Gasteiger partial charge in [-0.1, -0.05) is 42.0 Å². The van der Waals surface area contributed by atoms with Gasteiger partial charge in [-0.2, -0.15) is 5.10 Å². The van der Waals surface area contributed by atoms with Crippen molar-refractivity contribution in [3.05, 3.63) is 71.8 Å². The van der Waals surface area contributed by atoms with E-state index < -0.39 is 0 Å². The quantitative estimate of drug-likeness (QED) is 0.560. The zero-order valence-corrected chi connectivity index (χ0v) is 14.5. The number of carbonyl (C=O) groups is 1. The second kappa shape index (κ2) is 6.44. The molecule has 0 fully saturated rings. The molecule has 0 aliphatic carbocycles. The smallest absolute Gasteiger partial charge is 0.337 e. The van der Waals surface area contributed by atoms with Gasteiger partial charge in [-0.05, 0) is 31.2 Å². The number of fused-ring (bicyclic) bond motifs is 1. The monoisotopic (exact) mass is 343 g/mol. The van der Waals surface area contributed by atoms with Crippen molar-refractivity contribution in [1.82, 2.24) is 15.2 Å². The second-order valence-corrected chi connectivity index (χ2v) is 6.10. The summed E-state index contributed by atoms with van der Waals surface area (Å²) in [6.07, 6.45) is 0. The van der Waals surface area contributed by atoms with Crippen molar-refractivity contribution in [2.75, 3.05) is 7.11 Å². The third kappa shape index (κ3) is 2.84. The molecule has 26 heavy (non-hydrogen) atoms. The number of rotatable bonds is 3. The number of hydrogen-bond acceptors (Lipinski definition) is 4. The van der Waals surface area contributed by atoms with E-state index in [4.69, 9.17) is 4.74 Å². The number of esters is 1. The fraction of sp³-hybridized carbons (Fsp3) is 0.0952. The van der Waals surface area contributed by atoms with Crippen LogP contribution in [-0.2, 0) is 4.74 Å². The fourth-order valence-electron chi connectivity index (χ4n) is 2.89. The van der Waals surface area contributed by atoms with Crippen molar-refractivity contribution in [3.63, 3.8) is 0 Å². The lowest BCUT2D eigenvalue weighted by Crippen LogP contribution is -2.00. The maximum absolute atomic E-state index is 11.5. The molecule has 5 nitrogen and oxygen atoms in total. The summed E-state index contributed by atoms with van der Waals surface area (Å²) < 4.78 is 4.72. The number of ether oxygens (including phenoxy) is 1. The Labute approximate surface area is 150 Å². The minimum absolute atomic E-state index is 0.352. The Kier molecular flexibility index (Phi) is 3.97. The molecule has 0 saturated carbocycles. The molecule has 4 rings (SSSR count). The number of aryl methyl sites for hydroxylation is 1. The van der Waals surface area contributed by atoms with Crippen molar-refractivity contribution in [3.8, 4) is 22.5 Å². The summed E-state index contributed by atoms with van der Waals surface area (Å²) in [6, 6.07) is 19.4. The van der Waals surface area contributed by atoms with Gasteiger partial charge in [-0.25, -0.2) is 9.78 Å². The summed E-state index contributed by atoms with van der Waals surface area (Å²) in [5.41, 5.74) is 6.15. The Morgan fingerprint density at radius 3 is 2.31 bits per heavy atom. The van der Waals surface area contributed by atoms with Crippen molar-refractivity contribution in [2.45, 2.75) is 6.92 Å². The van der Waals surface area contributed by atoms with Crippen molar-refractivity contribution in [1.29, 1.82) is 0 Å². The van der Waals surface area contributed by atoms with Crippen molar-refractivity contribution < 1.29 is 9.53 Å². The van der Waals surface area contributed by atoms with E-state index in [1.165, 1.54) is 12.7 Å². The molecule has 0 saturated heterocycles. The lowest BCUT2D eigenvalue weighted by atomic mass is 10.1. The van der Waals surface area contributed by atoms with E-state index in [1.54, 1.807) is 12.1 Å². The molecule has 2 aromatic carbocycles. The van der Waals surface area contributed by atoms with Crippen LogP contribution in [0, 0.1) is 6.92 Å². The van der Waals surface area contributed by atoms with Gasteiger partial charge in [0.15, 0.2) is 5.65 Å². The Morgan fingerprint density at radius 1 is 0.923 bits per heavy atom. The number of benzene rings is 2. The first-order chi connectivity index (χ1) is 12.7. The Hall–Kier alpha value is -3.47. The molecule has 1 N–H and O–H groups in total. The first-order valence-corrected chi connectivity index (χ1v) is 8.26. The van der Waals surface area contributed by atoms with E-state index in [0.29, 0.717) is 11.2 Å². The van der Waals surface area contributed by atoms with Crippen molar-refractivity contribution in [2.24, 2.45) is 0 Å². The number of carbonyl (C=O) groups excluding carboxylic acids is 1. The maximum Gasteiger partial charge on any atom is 0.337 e. The third-order valence-electron chi connectivity index (χ3n) is 4.36. The standard InChI is InChI=1S/C21H17N3O2/c1-13-3-5-15(6-4-13)19-17-11-12-18(22-20(17)24-23-19)14-7-9-16(10-8-14)21(25)26-2/h3-12H,1-2H3,(H,22,23,24). The number of aromatic nitrogens is 3. The SMILES string of the molecule is COC(=O)c1ccc(-c2ccc3c(-c4ccc(C)cc4)[nH]nc3n2)cc1. The molecule has 0 atom stereocenters. The van der Waals surface area contributed by atoms with Crippen LogP contribution in [0.2, 0.25) is 0 Å². The zero-order valence-electron chi connectivity index (χ0n) is 14.5. The topological polar surface area (TPSA) is 67.9 Å². The highest BCUT2D eigenvalue weighted by atomic mass is 16.5. The molecule has 4 aromatic rings. The summed E-state index contributed by atoms with van der Waals surface area (Å²) in [5.74, 6) is -0.352. The van der Waals surface area contributed by atoms with Gasteiger partial charge in [-0.3, -0.25) is 5.10 Å². The molecule has 0 bridgehead atoms. The Bertz CT molecular complexity index is 1080. The zero-order chi connectivity index (χ0) is 18.1. The van der Waals surface area contributed by atoms with E-state index in [-0.39, 0.29) is 5.97 Å². The number of aromatic amines is 1. The predicted molar refractivity (Wildman–Crippen MR) is 101 cm³/mol. The molecule has 0 unspecified atom stereocenters. The van der Waals surface area contributed by atoms with E-state index in [9.17, 15) is 4.79 Å². The molecule has 2 heterocycles. The average Bonchev–Trinajstić information content (AvgIpc) is 3.11. The molecule has 0 amide bonds. The largest absolute Gasteiger partial charge is 0.465 e. The van der Waals surface area contributed by atoms with Crippen LogP contribution < -0.4 is 0 Å². The van der Waals surface area contributed by atoms with Gasteiger partial charge in [0.2, 0.25) is 0 Å². The van der Waals surface area contributed by atoms with E-state index in [2.05, 4.69) is 46.4 Å². The fourth-order valence-corrected chi connectivity index (χ4v) is 2.89. The summed E-state index contributed by atoms with van der Waals surface area (Å²) in [7, 11) is 1.37. The molecule has 0 aliphatic heterocycles. The van der Waals surface area contributed by atoms with Gasteiger partial charge in [-0.15, -0.1) is 0 Å². The average molecular weight is 343 g/mol. The van der Waals surface area contributed by atoms with E-state index in [0.717, 1.165) is 27.9 Å². The summed E-state index contributed by atoms with van der Waals surface area (Å²) in [6.45, 7) is 2.06. The minimum Gasteiger partial charge on any atom is -0.465 e. The second-order valence-electron chi connectivity index (χ2n) is 6.10. The van der Waals surface area contributed by atoms with Gasteiger partial charge < -0.3 is 4.74 Å². The molecule has 128 valence electrons. The number of methoxy groups -OCH3 is 1. The van der Waals surface area contributed by atoms with Crippen LogP contribution in [0.1, 0.15) is 15.9 Å². The normalized spacial score (nSPS) is 10.8. The summed E-state index contributed by atoms with van der Waals surface area (Å²) in [5, 5.41) is 8.41. The molecule has 0 radical (unpaired) electrons. The molecular formula is C21H17N3O2. The highest BCUT2D eigenvalue weighted by Gasteiger charge is 2.11. The number of H-pyrrole nitrogens is 1. The van der Waals surface area contributed by atoms with Crippen LogP contribution in [0.25, 0.3) is 33.5 Å². The molecular weight excluding hydrogens is 326 g/mol. The van der Waals surface area contributed by atoms with Gasteiger partial charge >= 0.3 is 5.97 Å². The minimum atomic E-state index is -0.352. The van der Waals surface area contributed by atoms with Gasteiger partial charge in [0.1, 0.15) is 0 Å². The van der Waals surface area contributed by atoms with E-state index in [1.807, 2.05) is 24.3 Å². The predicted octanol–water partition coefficient (Wildman–Crippen LogP) is 4.39. The first-order valence-electron chi connectivity index (χ1n) is 8.26. The lowest BCUT2D eigenvalue weighted by molar-refractivity contribution is 0.0601. The highest BCUT2D eigenvalue weighted by Crippen LogP contribution is 2.28. The molecule has 2 aromatic heterocycles. The van der Waals surface area contributed by atoms with Crippen LogP contribution in [0.4, 0.5) is 0 Å². The van der Waals surface area contributed by atoms with Crippen LogP contribution in [0.5, 0.6) is 0 Å². The number of hydrogen-bond donors (Lipinski definition) is 1. The van der Waals surface area contributed by atoms with Gasteiger partial charge in [0.05, 0.1) is 24.1 Å². The van der Waals surface area contributed by atoms with Crippen LogP contribution in [0.15, 0.2) is 60.7 Å². The molecule has 0 spiro atoms. The van der Waals surface area contributed by atoms with Gasteiger partial charge in [0, 0.05) is 16.5 Å². The number of nitrogens with one attached hydrogen (secondary N) is 1. The van der Waals surface area contributed by atoms with Crippen LogP contribution in [0.3, 0.4) is 0 Å². The summed E-state index contributed by atoms with van der Waals surface area (Å²) >= 11 is 0. The summed E-state index contributed by atoms with van der Waals surface area (Å²) in [4.78, 5) is 16.2. The Balaban J connectivity index is 1.70. The molecule has 5 heteroatoms. The number of pyridine rings is 1.